The first kappa shape index (κ1) is 10.5. The van der Waals surface area contributed by atoms with Crippen molar-refractivity contribution >= 4 is 0 Å². The Hall–Kier alpha value is -0.537. The molecular formula is C6H8N3ORu. The minimum Gasteiger partial charge on any atom is -0.446 e. The predicted molar refractivity (Wildman–Crippen MR) is 36.5 cm³/mol. The van der Waals surface area contributed by atoms with Gasteiger partial charge in [-0.15, -0.1) is 0 Å². The van der Waals surface area contributed by atoms with E-state index >= 15 is 0 Å². The summed E-state index contributed by atoms with van der Waals surface area (Å²) in [7, 11) is 0. The average molecular weight is 239 g/mol. The molecule has 0 atom stereocenters. The minimum absolute atomic E-state index is 0. The van der Waals surface area contributed by atoms with Gasteiger partial charge in [-0.1, -0.05) is 12.0 Å². The van der Waals surface area contributed by atoms with Crippen LogP contribution in [-0.4, -0.2) is 4.98 Å². The van der Waals surface area contributed by atoms with Crippen molar-refractivity contribution in [3.63, 3.8) is 0 Å². The van der Waals surface area contributed by atoms with Crippen LogP contribution in [0.4, 0.5) is 0 Å². The van der Waals surface area contributed by atoms with Gasteiger partial charge in [0.05, 0.1) is 0 Å². The van der Waals surface area contributed by atoms with Crippen molar-refractivity contribution in [2.24, 2.45) is 5.73 Å². The van der Waals surface area contributed by atoms with Crippen LogP contribution in [0.3, 0.4) is 0 Å². The minimum atomic E-state index is -0.269. The van der Waals surface area contributed by atoms with Gasteiger partial charge in [0.2, 0.25) is 0 Å². The van der Waals surface area contributed by atoms with Crippen molar-refractivity contribution in [3.8, 4) is 0 Å². The van der Waals surface area contributed by atoms with Crippen molar-refractivity contribution in [1.82, 2.24) is 9.97 Å². The van der Waals surface area contributed by atoms with E-state index < -0.39 is 0 Å². The molecule has 0 aliphatic carbocycles. The van der Waals surface area contributed by atoms with Gasteiger partial charge in [0.15, 0.2) is 5.56 Å². The molecule has 0 aliphatic rings. The number of nitrogens with zero attached hydrogens (tertiary/aromatic N) is 2. The van der Waals surface area contributed by atoms with Gasteiger partial charge in [-0.2, -0.15) is 0 Å². The molecule has 0 fully saturated rings. The quantitative estimate of drug-likeness (QED) is 0.649. The van der Waals surface area contributed by atoms with Gasteiger partial charge in [-0.05, 0) is 6.92 Å². The fraction of sp³-hybridized carbons (Fsp3) is 0.333. The smallest absolute Gasteiger partial charge is 0.446 e. The summed E-state index contributed by atoms with van der Waals surface area (Å²) >= 11 is 0. The molecule has 5 heteroatoms. The van der Waals surface area contributed by atoms with E-state index in [2.05, 4.69) is 9.97 Å². The van der Waals surface area contributed by atoms with Crippen LogP contribution in [0.1, 0.15) is 11.4 Å². The van der Waals surface area contributed by atoms with Crippen LogP contribution in [0.25, 0.3) is 0 Å². The Bertz CT molecular complexity index is 283. The molecule has 0 unspecified atom stereocenters. The first-order chi connectivity index (χ1) is 4.74. The van der Waals surface area contributed by atoms with Gasteiger partial charge < -0.3 is 15.7 Å². The topological polar surface area (TPSA) is 70.1 Å². The van der Waals surface area contributed by atoms with Crippen LogP contribution in [0, 0.1) is 6.92 Å². The standard InChI is InChI=1S/C6H9N3O.Ru/c1-4-8-3-5(2-7)6(10)9-4;/h3H,2,7H2,1H3,(H,8,9,10);/q;+1/p-1. The maximum Gasteiger partial charge on any atom is 1.00 e. The van der Waals surface area contributed by atoms with Gasteiger partial charge in [-0.3, -0.25) is 4.79 Å². The van der Waals surface area contributed by atoms with Gasteiger partial charge in [0.1, 0.15) is 0 Å². The zero-order valence-electron chi connectivity index (χ0n) is 6.02. The average Bonchev–Trinajstić information content (AvgIpc) is 1.88. The van der Waals surface area contributed by atoms with Crippen LogP contribution in [0.15, 0.2) is 11.0 Å². The van der Waals surface area contributed by atoms with E-state index in [0.29, 0.717) is 11.4 Å². The second-order valence-corrected chi connectivity index (χ2v) is 1.95. The summed E-state index contributed by atoms with van der Waals surface area (Å²) in [5.74, 6) is 0.488. The SMILES string of the molecule is Cc1ncc(CN)c(=O)[n-]1.[Ru+]. The molecule has 1 radical (unpaired) electrons. The number of nitrogens with two attached hydrogens (primary N) is 1. The molecule has 0 spiro atoms. The third-order valence-electron chi connectivity index (χ3n) is 1.17. The molecule has 0 bridgehead atoms. The van der Waals surface area contributed by atoms with Crippen LogP contribution in [-0.2, 0) is 26.0 Å². The molecular weight excluding hydrogens is 231 g/mol. The number of hydrogen-bond donors (Lipinski definition) is 1. The molecule has 1 heterocycles. The van der Waals surface area contributed by atoms with Gasteiger partial charge in [0, 0.05) is 12.1 Å². The first-order valence-corrected chi connectivity index (χ1v) is 2.93. The van der Waals surface area contributed by atoms with E-state index in [4.69, 9.17) is 5.73 Å². The zero-order chi connectivity index (χ0) is 7.56. The third-order valence-corrected chi connectivity index (χ3v) is 1.17. The number of aryl methyl sites for hydroxylation is 1. The van der Waals surface area contributed by atoms with E-state index in [1.54, 1.807) is 6.92 Å². The Labute approximate surface area is 77.0 Å². The second-order valence-electron chi connectivity index (χ2n) is 1.95. The maximum absolute atomic E-state index is 10.8. The Balaban J connectivity index is 0.000001000. The summed E-state index contributed by atoms with van der Waals surface area (Å²) in [6.45, 7) is 1.88. The van der Waals surface area contributed by atoms with Crippen molar-refractivity contribution in [3.05, 3.63) is 27.9 Å². The van der Waals surface area contributed by atoms with E-state index in [0.717, 1.165) is 0 Å². The number of rotatable bonds is 1. The normalized spacial score (nSPS) is 8.91. The Morgan fingerprint density at radius 2 is 2.36 bits per heavy atom. The summed E-state index contributed by atoms with van der Waals surface area (Å²) in [6, 6.07) is 0. The summed E-state index contributed by atoms with van der Waals surface area (Å²) < 4.78 is 0. The third kappa shape index (κ3) is 2.52. The molecule has 1 aromatic heterocycles. The van der Waals surface area contributed by atoms with Crippen molar-refractivity contribution in [1.29, 1.82) is 0 Å². The molecule has 61 valence electrons. The molecule has 4 nitrogen and oxygen atoms in total. The molecule has 0 aliphatic heterocycles. The summed E-state index contributed by atoms with van der Waals surface area (Å²) in [5.41, 5.74) is 5.42. The van der Waals surface area contributed by atoms with E-state index in [1.165, 1.54) is 6.20 Å². The Morgan fingerprint density at radius 3 is 2.82 bits per heavy atom. The zero-order valence-corrected chi connectivity index (χ0v) is 7.76. The van der Waals surface area contributed by atoms with Crippen LogP contribution < -0.4 is 16.3 Å². The molecule has 2 N–H and O–H groups in total. The molecule has 11 heavy (non-hydrogen) atoms. The summed E-state index contributed by atoms with van der Waals surface area (Å²) in [6.07, 6.45) is 1.46. The molecule has 0 saturated heterocycles. The van der Waals surface area contributed by atoms with E-state index in [9.17, 15) is 4.79 Å². The Morgan fingerprint density at radius 1 is 1.73 bits per heavy atom. The van der Waals surface area contributed by atoms with Crippen molar-refractivity contribution in [2.45, 2.75) is 13.5 Å². The van der Waals surface area contributed by atoms with Gasteiger partial charge in [-0.25, -0.2) is 0 Å². The summed E-state index contributed by atoms with van der Waals surface area (Å²) in [4.78, 5) is 18.3. The number of aromatic nitrogens is 2. The van der Waals surface area contributed by atoms with Gasteiger partial charge in [0.25, 0.3) is 0 Å². The molecule has 0 amide bonds. The number of hydrogen-bond acceptors (Lipinski definition) is 3. The monoisotopic (exact) mass is 240 g/mol. The second kappa shape index (κ2) is 4.36. The maximum atomic E-state index is 10.8. The van der Waals surface area contributed by atoms with E-state index in [-0.39, 0.29) is 31.6 Å². The molecule has 1 aromatic rings. The fourth-order valence-electron chi connectivity index (χ4n) is 0.614. The fourth-order valence-corrected chi connectivity index (χ4v) is 0.614. The molecule has 0 saturated carbocycles. The largest absolute Gasteiger partial charge is 1.00 e. The van der Waals surface area contributed by atoms with Crippen LogP contribution in [0.2, 0.25) is 0 Å². The van der Waals surface area contributed by atoms with E-state index in [1.807, 2.05) is 0 Å². The predicted octanol–water partition coefficient (Wildman–Crippen LogP) is -0.836. The molecule has 1 rings (SSSR count). The summed E-state index contributed by atoms with van der Waals surface area (Å²) in [5, 5.41) is 0. The van der Waals surface area contributed by atoms with Crippen LogP contribution in [0.5, 0.6) is 0 Å². The van der Waals surface area contributed by atoms with Crippen LogP contribution >= 0.6 is 0 Å². The Kier molecular flexibility index (Phi) is 4.15. The van der Waals surface area contributed by atoms with Crippen molar-refractivity contribution in [2.75, 3.05) is 0 Å². The first-order valence-electron chi connectivity index (χ1n) is 2.93. The molecule has 0 aromatic carbocycles. The van der Waals surface area contributed by atoms with Crippen molar-refractivity contribution < 1.29 is 19.5 Å². The van der Waals surface area contributed by atoms with Gasteiger partial charge >= 0.3 is 19.5 Å².